The van der Waals surface area contributed by atoms with E-state index in [1.165, 1.54) is 0 Å². The summed E-state index contributed by atoms with van der Waals surface area (Å²) in [4.78, 5) is 11.5. The second-order valence-corrected chi connectivity index (χ2v) is 8.94. The molecule has 2 saturated heterocycles. The highest BCUT2D eigenvalue weighted by atomic mass is 16.5. The van der Waals surface area contributed by atoms with Gasteiger partial charge >= 0.3 is 0 Å². The maximum Gasteiger partial charge on any atom is 0.227 e. The Labute approximate surface area is 217 Å². The second kappa shape index (κ2) is 12.5. The van der Waals surface area contributed by atoms with E-state index in [4.69, 9.17) is 23.9 Å². The Hall–Kier alpha value is -3.71. The summed E-state index contributed by atoms with van der Waals surface area (Å²) >= 11 is 0. The van der Waals surface area contributed by atoms with E-state index in [2.05, 4.69) is 21.3 Å². The van der Waals surface area contributed by atoms with Crippen LogP contribution >= 0.6 is 0 Å². The predicted molar refractivity (Wildman–Crippen MR) is 139 cm³/mol. The van der Waals surface area contributed by atoms with Gasteiger partial charge in [0.2, 0.25) is 5.95 Å². The number of nitrogens with one attached hydrogen (secondary N) is 1. The lowest BCUT2D eigenvalue weighted by atomic mass is 10.1. The lowest BCUT2D eigenvalue weighted by Gasteiger charge is -2.26. The molecule has 9 heteroatoms. The minimum atomic E-state index is 0.00687. The van der Waals surface area contributed by atoms with Gasteiger partial charge in [-0.1, -0.05) is 12.1 Å². The Morgan fingerprint density at radius 3 is 2.68 bits per heavy atom. The van der Waals surface area contributed by atoms with Gasteiger partial charge in [-0.15, -0.1) is 0 Å². The van der Waals surface area contributed by atoms with Crippen molar-refractivity contribution in [3.8, 4) is 28.8 Å². The van der Waals surface area contributed by atoms with Crippen LogP contribution in [0.3, 0.4) is 0 Å². The zero-order valence-electron chi connectivity index (χ0n) is 20.8. The molecule has 2 aromatic carbocycles. The molecule has 0 radical (unpaired) electrons. The van der Waals surface area contributed by atoms with Crippen molar-refractivity contribution in [2.75, 3.05) is 58.0 Å². The van der Waals surface area contributed by atoms with Crippen molar-refractivity contribution in [3.05, 3.63) is 60.3 Å². The van der Waals surface area contributed by atoms with E-state index in [9.17, 15) is 5.26 Å². The molecule has 192 valence electrons. The SMILES string of the molecule is N#Cc1cccc(-c2ccnc(Nc3cccc(OCCN4CCOCC4)c3)n2)c1OC1CCOCC1. The van der Waals surface area contributed by atoms with Crippen LogP contribution in [-0.4, -0.2) is 73.6 Å². The van der Waals surface area contributed by atoms with Crippen LogP contribution in [-0.2, 0) is 9.47 Å². The normalized spacial score (nSPS) is 16.6. The van der Waals surface area contributed by atoms with E-state index in [0.717, 1.165) is 62.7 Å². The van der Waals surface area contributed by atoms with Gasteiger partial charge in [0.15, 0.2) is 0 Å². The second-order valence-electron chi connectivity index (χ2n) is 8.94. The van der Waals surface area contributed by atoms with Gasteiger partial charge < -0.3 is 24.3 Å². The number of hydrogen-bond acceptors (Lipinski definition) is 9. The summed E-state index contributed by atoms with van der Waals surface area (Å²) in [5.41, 5.74) is 2.75. The van der Waals surface area contributed by atoms with Gasteiger partial charge in [-0.25, -0.2) is 9.97 Å². The third kappa shape index (κ3) is 6.74. The number of ether oxygens (including phenoxy) is 4. The number of para-hydroxylation sites is 1. The Balaban J connectivity index is 1.28. The van der Waals surface area contributed by atoms with E-state index >= 15 is 0 Å². The molecule has 5 rings (SSSR count). The smallest absolute Gasteiger partial charge is 0.227 e. The van der Waals surface area contributed by atoms with E-state index in [0.29, 0.717) is 42.8 Å². The quantitative estimate of drug-likeness (QED) is 0.466. The first kappa shape index (κ1) is 25.0. The van der Waals surface area contributed by atoms with E-state index in [1.54, 1.807) is 12.3 Å². The number of nitriles is 1. The minimum absolute atomic E-state index is 0.00687. The van der Waals surface area contributed by atoms with Crippen molar-refractivity contribution >= 4 is 11.6 Å². The van der Waals surface area contributed by atoms with Gasteiger partial charge in [-0.05, 0) is 30.3 Å². The molecule has 1 N–H and O–H groups in total. The summed E-state index contributed by atoms with van der Waals surface area (Å²) in [6, 6.07) is 17.4. The molecule has 0 amide bonds. The number of rotatable bonds is 9. The van der Waals surface area contributed by atoms with Crippen LogP contribution in [0.1, 0.15) is 18.4 Å². The summed E-state index contributed by atoms with van der Waals surface area (Å²) in [6.07, 6.45) is 3.29. The fourth-order valence-corrected chi connectivity index (χ4v) is 4.39. The van der Waals surface area contributed by atoms with Crippen LogP contribution < -0.4 is 14.8 Å². The molecule has 0 unspecified atom stereocenters. The van der Waals surface area contributed by atoms with Crippen LogP contribution in [0.2, 0.25) is 0 Å². The molecule has 9 nitrogen and oxygen atoms in total. The fraction of sp³-hybridized carbons (Fsp3) is 0.393. The van der Waals surface area contributed by atoms with E-state index < -0.39 is 0 Å². The number of benzene rings is 2. The summed E-state index contributed by atoms with van der Waals surface area (Å²) in [5, 5.41) is 13.0. The highest BCUT2D eigenvalue weighted by Crippen LogP contribution is 2.34. The molecule has 2 aliphatic heterocycles. The summed E-state index contributed by atoms with van der Waals surface area (Å²) in [5.74, 6) is 1.78. The standard InChI is InChI=1S/C28H31N5O4/c29-20-21-3-1-6-25(27(21)37-23-8-14-34-15-9-23)26-7-10-30-28(32-26)31-22-4-2-5-24(19-22)36-18-13-33-11-16-35-17-12-33/h1-7,10,19,23H,8-9,11-18H2,(H,30,31,32). The molecule has 37 heavy (non-hydrogen) atoms. The monoisotopic (exact) mass is 501 g/mol. The number of morpholine rings is 1. The predicted octanol–water partition coefficient (Wildman–Crippen LogP) is 4.03. The van der Waals surface area contributed by atoms with Crippen molar-refractivity contribution < 1.29 is 18.9 Å². The van der Waals surface area contributed by atoms with Crippen molar-refractivity contribution in [2.24, 2.45) is 0 Å². The lowest BCUT2D eigenvalue weighted by molar-refractivity contribution is 0.0257. The molecule has 1 aromatic heterocycles. The average molecular weight is 502 g/mol. The van der Waals surface area contributed by atoms with Gasteiger partial charge in [-0.3, -0.25) is 4.90 Å². The largest absolute Gasteiger partial charge is 0.492 e. The molecule has 0 spiro atoms. The first-order valence-electron chi connectivity index (χ1n) is 12.7. The topological polar surface area (TPSA) is 102 Å². The molecular formula is C28H31N5O4. The van der Waals surface area contributed by atoms with Gasteiger partial charge in [-0.2, -0.15) is 5.26 Å². The highest BCUT2D eigenvalue weighted by Gasteiger charge is 2.20. The first-order valence-corrected chi connectivity index (χ1v) is 12.7. The van der Waals surface area contributed by atoms with Crippen molar-refractivity contribution in [1.82, 2.24) is 14.9 Å². The average Bonchev–Trinajstić information content (AvgIpc) is 2.95. The molecule has 0 saturated carbocycles. The Kier molecular flexibility index (Phi) is 8.43. The Morgan fingerprint density at radius 2 is 1.84 bits per heavy atom. The van der Waals surface area contributed by atoms with Gasteiger partial charge in [0.05, 0.1) is 37.7 Å². The third-order valence-electron chi connectivity index (χ3n) is 6.39. The van der Waals surface area contributed by atoms with Gasteiger partial charge in [0.1, 0.15) is 30.3 Å². The molecule has 2 aliphatic rings. The van der Waals surface area contributed by atoms with Crippen LogP contribution in [0, 0.1) is 11.3 Å². The maximum absolute atomic E-state index is 9.71. The Bertz CT molecular complexity index is 1220. The minimum Gasteiger partial charge on any atom is -0.492 e. The van der Waals surface area contributed by atoms with Crippen molar-refractivity contribution in [2.45, 2.75) is 18.9 Å². The molecule has 0 aliphatic carbocycles. The zero-order chi connectivity index (χ0) is 25.3. The molecule has 3 heterocycles. The van der Waals surface area contributed by atoms with E-state index in [1.807, 2.05) is 42.5 Å². The lowest BCUT2D eigenvalue weighted by Crippen LogP contribution is -2.38. The summed E-state index contributed by atoms with van der Waals surface area (Å²) in [6.45, 7) is 6.24. The number of hydrogen-bond donors (Lipinski definition) is 1. The van der Waals surface area contributed by atoms with Crippen LogP contribution in [0.4, 0.5) is 11.6 Å². The molecular weight excluding hydrogens is 470 g/mol. The maximum atomic E-state index is 9.71. The summed E-state index contributed by atoms with van der Waals surface area (Å²) < 4.78 is 23.1. The number of nitrogens with zero attached hydrogens (tertiary/aromatic N) is 4. The molecule has 2 fully saturated rings. The molecule has 0 bridgehead atoms. The number of aromatic nitrogens is 2. The van der Waals surface area contributed by atoms with Crippen molar-refractivity contribution in [3.63, 3.8) is 0 Å². The van der Waals surface area contributed by atoms with E-state index in [-0.39, 0.29) is 6.10 Å². The Morgan fingerprint density at radius 1 is 1.03 bits per heavy atom. The van der Waals surface area contributed by atoms with Gasteiger partial charge in [0, 0.05) is 56.0 Å². The first-order chi connectivity index (χ1) is 18.3. The molecule has 0 atom stereocenters. The van der Waals surface area contributed by atoms with Crippen LogP contribution in [0.25, 0.3) is 11.3 Å². The number of anilines is 2. The highest BCUT2D eigenvalue weighted by molar-refractivity contribution is 5.72. The zero-order valence-corrected chi connectivity index (χ0v) is 20.8. The van der Waals surface area contributed by atoms with Crippen LogP contribution in [0.5, 0.6) is 11.5 Å². The van der Waals surface area contributed by atoms with Gasteiger partial charge in [0.25, 0.3) is 0 Å². The van der Waals surface area contributed by atoms with Crippen molar-refractivity contribution in [1.29, 1.82) is 5.26 Å². The molecule has 3 aromatic rings. The van der Waals surface area contributed by atoms with Crippen LogP contribution in [0.15, 0.2) is 54.7 Å². The summed E-state index contributed by atoms with van der Waals surface area (Å²) in [7, 11) is 0. The third-order valence-corrected chi connectivity index (χ3v) is 6.39. The fourth-order valence-electron chi connectivity index (χ4n) is 4.39.